The molecule has 0 atom stereocenters. The van der Waals surface area contributed by atoms with E-state index in [4.69, 9.17) is 9.84 Å². The van der Waals surface area contributed by atoms with Crippen molar-refractivity contribution in [2.24, 2.45) is 5.41 Å². The van der Waals surface area contributed by atoms with Crippen LogP contribution in [-0.4, -0.2) is 30.0 Å². The van der Waals surface area contributed by atoms with Gasteiger partial charge in [-0.3, -0.25) is 0 Å². The molecule has 1 saturated carbocycles. The van der Waals surface area contributed by atoms with Crippen molar-refractivity contribution in [1.29, 1.82) is 0 Å². The van der Waals surface area contributed by atoms with E-state index < -0.39 is 5.60 Å². The Hall–Kier alpha value is -0.770. The lowest BCUT2D eigenvalue weighted by atomic mass is 10.0. The summed E-state index contributed by atoms with van der Waals surface area (Å²) in [6, 6.07) is 0. The van der Waals surface area contributed by atoms with Crippen LogP contribution in [0.5, 0.6) is 0 Å². The number of alkyl carbamates (subject to hydrolysis) is 1. The Morgan fingerprint density at radius 1 is 1.47 bits per heavy atom. The highest BCUT2D eigenvalue weighted by atomic mass is 16.6. The zero-order chi connectivity index (χ0) is 11.5. The zero-order valence-corrected chi connectivity index (χ0v) is 9.80. The van der Waals surface area contributed by atoms with Crippen molar-refractivity contribution in [3.8, 4) is 0 Å². The summed E-state index contributed by atoms with van der Waals surface area (Å²) in [6.45, 7) is 6.33. The van der Waals surface area contributed by atoms with Gasteiger partial charge < -0.3 is 15.2 Å². The van der Waals surface area contributed by atoms with Crippen molar-refractivity contribution in [3.63, 3.8) is 0 Å². The van der Waals surface area contributed by atoms with Crippen molar-refractivity contribution in [2.45, 2.75) is 45.6 Å². The Balaban J connectivity index is 2.23. The third-order valence-corrected chi connectivity index (χ3v) is 2.61. The number of aliphatic hydroxyl groups excluding tert-OH is 1. The molecular formula is C11H21NO3. The van der Waals surface area contributed by atoms with E-state index in [9.17, 15) is 4.79 Å². The standard InChI is InChI=1S/C11H21NO3/c1-10(2,3)15-9(14)12-8-11(4-5-11)6-7-13/h13H,4-8H2,1-3H3,(H,12,14). The first kappa shape index (κ1) is 12.3. The average Bonchev–Trinajstić information content (AvgIpc) is 2.80. The summed E-state index contributed by atoms with van der Waals surface area (Å²) in [6.07, 6.45) is 2.57. The normalized spacial score (nSPS) is 18.4. The van der Waals surface area contributed by atoms with Crippen molar-refractivity contribution in [1.82, 2.24) is 5.32 Å². The second-order valence-electron chi connectivity index (χ2n) is 5.33. The Morgan fingerprint density at radius 2 is 2.07 bits per heavy atom. The molecule has 0 saturated heterocycles. The van der Waals surface area contributed by atoms with Gasteiger partial charge in [-0.1, -0.05) is 0 Å². The molecule has 4 heteroatoms. The van der Waals surface area contributed by atoms with Gasteiger partial charge in [0.25, 0.3) is 0 Å². The molecule has 4 nitrogen and oxygen atoms in total. The molecule has 2 N–H and O–H groups in total. The highest BCUT2D eigenvalue weighted by molar-refractivity contribution is 5.67. The summed E-state index contributed by atoms with van der Waals surface area (Å²) >= 11 is 0. The largest absolute Gasteiger partial charge is 0.444 e. The lowest BCUT2D eigenvalue weighted by Gasteiger charge is -2.21. The number of nitrogens with one attached hydrogen (secondary N) is 1. The topological polar surface area (TPSA) is 58.6 Å². The monoisotopic (exact) mass is 215 g/mol. The van der Waals surface area contributed by atoms with Crippen molar-refractivity contribution in [3.05, 3.63) is 0 Å². The first-order valence-corrected chi connectivity index (χ1v) is 5.45. The fourth-order valence-electron chi connectivity index (χ4n) is 1.50. The minimum atomic E-state index is -0.447. The van der Waals surface area contributed by atoms with Gasteiger partial charge in [-0.15, -0.1) is 0 Å². The van der Waals surface area contributed by atoms with Crippen LogP contribution in [0.4, 0.5) is 4.79 Å². The fourth-order valence-corrected chi connectivity index (χ4v) is 1.50. The number of aliphatic hydroxyl groups is 1. The highest BCUT2D eigenvalue weighted by Crippen LogP contribution is 2.47. The van der Waals surface area contributed by atoms with Gasteiger partial charge >= 0.3 is 6.09 Å². The summed E-state index contributed by atoms with van der Waals surface area (Å²) < 4.78 is 5.13. The molecular weight excluding hydrogens is 194 g/mol. The predicted octanol–water partition coefficient (Wildman–Crippen LogP) is 1.67. The maximum Gasteiger partial charge on any atom is 0.407 e. The summed E-state index contributed by atoms with van der Waals surface area (Å²) in [5.74, 6) is 0. The van der Waals surface area contributed by atoms with Gasteiger partial charge in [-0.25, -0.2) is 4.79 Å². The minimum absolute atomic E-state index is 0.144. The van der Waals surface area contributed by atoms with Gasteiger partial charge in [0.05, 0.1) is 0 Å². The molecule has 0 bridgehead atoms. The van der Waals surface area contributed by atoms with E-state index in [1.165, 1.54) is 0 Å². The summed E-state index contributed by atoms with van der Waals surface area (Å²) in [5.41, 5.74) is -0.302. The van der Waals surface area contributed by atoms with Crippen LogP contribution < -0.4 is 5.32 Å². The van der Waals surface area contributed by atoms with Crippen LogP contribution in [0.3, 0.4) is 0 Å². The number of hydrogen-bond donors (Lipinski definition) is 2. The molecule has 0 spiro atoms. The SMILES string of the molecule is CC(C)(C)OC(=O)NCC1(CCO)CC1. The third kappa shape index (κ3) is 4.51. The van der Waals surface area contributed by atoms with E-state index in [2.05, 4.69) is 5.32 Å². The minimum Gasteiger partial charge on any atom is -0.444 e. The number of hydrogen-bond acceptors (Lipinski definition) is 3. The summed E-state index contributed by atoms with van der Waals surface area (Å²) in [5, 5.41) is 11.6. The lowest BCUT2D eigenvalue weighted by molar-refractivity contribution is 0.0512. The molecule has 1 rings (SSSR count). The molecule has 1 fully saturated rings. The van der Waals surface area contributed by atoms with E-state index in [0.29, 0.717) is 6.54 Å². The highest BCUT2D eigenvalue weighted by Gasteiger charge is 2.42. The van der Waals surface area contributed by atoms with Gasteiger partial charge in [0.2, 0.25) is 0 Å². The van der Waals surface area contributed by atoms with Gasteiger partial charge in [-0.2, -0.15) is 0 Å². The number of ether oxygens (including phenoxy) is 1. The van der Waals surface area contributed by atoms with E-state index >= 15 is 0 Å². The van der Waals surface area contributed by atoms with Crippen LogP contribution in [0.2, 0.25) is 0 Å². The molecule has 0 aromatic rings. The number of rotatable bonds is 4. The van der Waals surface area contributed by atoms with Gasteiger partial charge in [0.15, 0.2) is 0 Å². The smallest absolute Gasteiger partial charge is 0.407 e. The Kier molecular flexibility index (Phi) is 3.60. The zero-order valence-electron chi connectivity index (χ0n) is 9.80. The maximum absolute atomic E-state index is 11.3. The number of amides is 1. The molecule has 0 aromatic heterocycles. The second-order valence-corrected chi connectivity index (χ2v) is 5.33. The Morgan fingerprint density at radius 3 is 2.47 bits per heavy atom. The number of carbonyl (C=O) groups excluding carboxylic acids is 1. The van der Waals surface area contributed by atoms with Crippen LogP contribution in [0, 0.1) is 5.41 Å². The molecule has 0 aliphatic heterocycles. The molecule has 0 aromatic carbocycles. The van der Waals surface area contributed by atoms with E-state index in [0.717, 1.165) is 19.3 Å². The van der Waals surface area contributed by atoms with Gasteiger partial charge in [0, 0.05) is 13.2 Å². The predicted molar refractivity (Wildman–Crippen MR) is 57.6 cm³/mol. The molecule has 88 valence electrons. The fraction of sp³-hybridized carbons (Fsp3) is 0.909. The Labute approximate surface area is 91.0 Å². The van der Waals surface area contributed by atoms with Gasteiger partial charge in [0.1, 0.15) is 5.60 Å². The average molecular weight is 215 g/mol. The summed E-state index contributed by atoms with van der Waals surface area (Å²) in [4.78, 5) is 11.3. The van der Waals surface area contributed by atoms with Crippen molar-refractivity contribution < 1.29 is 14.6 Å². The van der Waals surface area contributed by atoms with Crippen LogP contribution in [0.25, 0.3) is 0 Å². The van der Waals surface area contributed by atoms with Crippen LogP contribution in [0.15, 0.2) is 0 Å². The molecule has 1 aliphatic rings. The first-order chi connectivity index (χ1) is 6.87. The summed E-state index contributed by atoms with van der Waals surface area (Å²) in [7, 11) is 0. The third-order valence-electron chi connectivity index (χ3n) is 2.61. The molecule has 1 aliphatic carbocycles. The van der Waals surface area contributed by atoms with Crippen LogP contribution >= 0.6 is 0 Å². The molecule has 15 heavy (non-hydrogen) atoms. The quantitative estimate of drug-likeness (QED) is 0.750. The molecule has 0 radical (unpaired) electrons. The Bertz CT molecular complexity index is 228. The lowest BCUT2D eigenvalue weighted by Crippen LogP contribution is -2.36. The van der Waals surface area contributed by atoms with E-state index in [1.807, 2.05) is 20.8 Å². The first-order valence-electron chi connectivity index (χ1n) is 5.45. The van der Waals surface area contributed by atoms with Crippen LogP contribution in [-0.2, 0) is 4.74 Å². The van der Waals surface area contributed by atoms with Crippen molar-refractivity contribution in [2.75, 3.05) is 13.2 Å². The van der Waals surface area contributed by atoms with Gasteiger partial charge in [-0.05, 0) is 45.4 Å². The van der Waals surface area contributed by atoms with E-state index in [1.54, 1.807) is 0 Å². The van der Waals surface area contributed by atoms with E-state index in [-0.39, 0.29) is 18.1 Å². The molecule has 1 amide bonds. The second kappa shape index (κ2) is 4.39. The van der Waals surface area contributed by atoms with Crippen molar-refractivity contribution >= 4 is 6.09 Å². The maximum atomic E-state index is 11.3. The number of carbonyl (C=O) groups is 1. The molecule has 0 heterocycles. The van der Waals surface area contributed by atoms with Crippen LogP contribution in [0.1, 0.15) is 40.0 Å². The molecule has 0 unspecified atom stereocenters.